The zero-order valence-electron chi connectivity index (χ0n) is 9.08. The molecule has 0 aliphatic heterocycles. The van der Waals surface area contributed by atoms with Crippen LogP contribution in [0.5, 0.6) is 0 Å². The van der Waals surface area contributed by atoms with E-state index in [0.29, 0.717) is 18.6 Å². The second kappa shape index (κ2) is 4.36. The molecule has 0 saturated heterocycles. The normalized spacial score (nSPS) is 11.4. The fourth-order valence-electron chi connectivity index (χ4n) is 1.47. The summed E-state index contributed by atoms with van der Waals surface area (Å²) in [6.45, 7) is 6.02. The number of rotatable bonds is 4. The van der Waals surface area contributed by atoms with E-state index in [1.165, 1.54) is 0 Å². The Labute approximate surface area is 85.4 Å². The van der Waals surface area contributed by atoms with E-state index < -0.39 is 0 Å². The summed E-state index contributed by atoms with van der Waals surface area (Å²) >= 11 is 0. The topological polar surface area (TPSA) is 30.0 Å². The van der Waals surface area contributed by atoms with Gasteiger partial charge in [-0.25, -0.2) is 0 Å². The Morgan fingerprint density at radius 1 is 1.43 bits per heavy atom. The predicted octanol–water partition coefficient (Wildman–Crippen LogP) is 2.73. The lowest BCUT2D eigenvalue weighted by Crippen LogP contribution is -2.22. The SMILES string of the molecule is CCC(=O)CC(C)(C)c1ccccn1. The smallest absolute Gasteiger partial charge is 0.133 e. The molecule has 1 heterocycles. The summed E-state index contributed by atoms with van der Waals surface area (Å²) in [7, 11) is 0. The Hall–Kier alpha value is -1.18. The highest BCUT2D eigenvalue weighted by molar-refractivity contribution is 5.79. The van der Waals surface area contributed by atoms with E-state index >= 15 is 0 Å². The number of pyridine rings is 1. The minimum Gasteiger partial charge on any atom is -0.300 e. The molecule has 0 aromatic carbocycles. The van der Waals surface area contributed by atoms with Gasteiger partial charge in [0.25, 0.3) is 0 Å². The van der Waals surface area contributed by atoms with Crippen LogP contribution in [-0.4, -0.2) is 10.8 Å². The zero-order chi connectivity index (χ0) is 10.6. The highest BCUT2D eigenvalue weighted by atomic mass is 16.1. The van der Waals surface area contributed by atoms with E-state index in [1.807, 2.05) is 25.1 Å². The monoisotopic (exact) mass is 191 g/mol. The molecule has 0 atom stereocenters. The Morgan fingerprint density at radius 2 is 2.14 bits per heavy atom. The number of nitrogens with zero attached hydrogens (tertiary/aromatic N) is 1. The Balaban J connectivity index is 2.80. The average molecular weight is 191 g/mol. The van der Waals surface area contributed by atoms with Gasteiger partial charge in [-0.2, -0.15) is 0 Å². The average Bonchev–Trinajstić information content (AvgIpc) is 2.18. The molecule has 0 unspecified atom stereocenters. The summed E-state index contributed by atoms with van der Waals surface area (Å²) in [5, 5.41) is 0. The number of hydrogen-bond donors (Lipinski definition) is 0. The molecular weight excluding hydrogens is 174 g/mol. The van der Waals surface area contributed by atoms with Gasteiger partial charge in [-0.15, -0.1) is 0 Å². The van der Waals surface area contributed by atoms with Crippen molar-refractivity contribution in [2.75, 3.05) is 0 Å². The molecule has 0 saturated carbocycles. The van der Waals surface area contributed by atoms with Gasteiger partial charge >= 0.3 is 0 Å². The molecule has 1 aromatic rings. The van der Waals surface area contributed by atoms with Crippen LogP contribution >= 0.6 is 0 Å². The van der Waals surface area contributed by atoms with E-state index in [0.717, 1.165) is 5.69 Å². The van der Waals surface area contributed by atoms with Gasteiger partial charge in [0, 0.05) is 30.1 Å². The molecule has 1 rings (SSSR count). The van der Waals surface area contributed by atoms with Crippen LogP contribution in [0, 0.1) is 0 Å². The summed E-state index contributed by atoms with van der Waals surface area (Å²) in [5.41, 5.74) is 0.843. The van der Waals surface area contributed by atoms with E-state index in [1.54, 1.807) is 6.20 Å². The molecule has 0 fully saturated rings. The van der Waals surface area contributed by atoms with Crippen LogP contribution in [0.15, 0.2) is 24.4 Å². The maximum absolute atomic E-state index is 11.4. The molecular formula is C12H17NO. The van der Waals surface area contributed by atoms with E-state index in [-0.39, 0.29) is 5.41 Å². The minimum atomic E-state index is -0.144. The molecule has 0 N–H and O–H groups in total. The Bertz CT molecular complexity index is 303. The van der Waals surface area contributed by atoms with E-state index in [9.17, 15) is 4.79 Å². The Kier molecular flexibility index (Phi) is 3.39. The van der Waals surface area contributed by atoms with Crippen molar-refractivity contribution in [1.29, 1.82) is 0 Å². The zero-order valence-corrected chi connectivity index (χ0v) is 9.08. The van der Waals surface area contributed by atoms with E-state index in [4.69, 9.17) is 0 Å². The maximum atomic E-state index is 11.4. The fourth-order valence-corrected chi connectivity index (χ4v) is 1.47. The molecule has 2 nitrogen and oxygen atoms in total. The van der Waals surface area contributed by atoms with Crippen molar-refractivity contribution in [3.8, 4) is 0 Å². The molecule has 14 heavy (non-hydrogen) atoms. The molecule has 0 aliphatic carbocycles. The van der Waals surface area contributed by atoms with Gasteiger partial charge in [0.05, 0.1) is 0 Å². The lowest BCUT2D eigenvalue weighted by atomic mass is 9.83. The van der Waals surface area contributed by atoms with Crippen molar-refractivity contribution < 1.29 is 4.79 Å². The van der Waals surface area contributed by atoms with Crippen LogP contribution < -0.4 is 0 Å². The van der Waals surface area contributed by atoms with Gasteiger partial charge in [-0.3, -0.25) is 9.78 Å². The first-order valence-electron chi connectivity index (χ1n) is 4.99. The number of aromatic nitrogens is 1. The molecule has 0 bridgehead atoms. The first-order valence-corrected chi connectivity index (χ1v) is 4.99. The molecule has 0 aliphatic rings. The van der Waals surface area contributed by atoms with Crippen molar-refractivity contribution in [1.82, 2.24) is 4.98 Å². The van der Waals surface area contributed by atoms with Crippen LogP contribution in [0.2, 0.25) is 0 Å². The number of Topliss-reactive ketones (excluding diaryl/α,β-unsaturated/α-hetero) is 1. The van der Waals surface area contributed by atoms with Crippen molar-refractivity contribution in [3.63, 3.8) is 0 Å². The third-order valence-electron chi connectivity index (χ3n) is 2.39. The van der Waals surface area contributed by atoms with Crippen LogP contribution in [0.1, 0.15) is 39.3 Å². The van der Waals surface area contributed by atoms with Crippen LogP contribution in [0.4, 0.5) is 0 Å². The third kappa shape index (κ3) is 2.66. The van der Waals surface area contributed by atoms with Crippen LogP contribution in [-0.2, 0) is 10.2 Å². The van der Waals surface area contributed by atoms with Gasteiger partial charge in [0.15, 0.2) is 0 Å². The van der Waals surface area contributed by atoms with Crippen LogP contribution in [0.3, 0.4) is 0 Å². The lowest BCUT2D eigenvalue weighted by molar-refractivity contribution is -0.119. The quantitative estimate of drug-likeness (QED) is 0.732. The molecule has 2 heteroatoms. The molecule has 0 amide bonds. The molecule has 1 aromatic heterocycles. The van der Waals surface area contributed by atoms with Gasteiger partial charge in [0.2, 0.25) is 0 Å². The summed E-state index contributed by atoms with van der Waals surface area (Å²) in [6.07, 6.45) is 2.95. The van der Waals surface area contributed by atoms with E-state index in [2.05, 4.69) is 18.8 Å². The number of ketones is 1. The highest BCUT2D eigenvalue weighted by Crippen LogP contribution is 2.25. The standard InChI is InChI=1S/C12H17NO/c1-4-10(14)9-12(2,3)11-7-5-6-8-13-11/h5-8H,4,9H2,1-3H3. The second-order valence-electron chi connectivity index (χ2n) is 4.17. The van der Waals surface area contributed by atoms with Crippen molar-refractivity contribution in [2.45, 2.75) is 39.0 Å². The number of carbonyl (C=O) groups is 1. The third-order valence-corrected chi connectivity index (χ3v) is 2.39. The molecule has 76 valence electrons. The fraction of sp³-hybridized carbons (Fsp3) is 0.500. The number of hydrogen-bond acceptors (Lipinski definition) is 2. The Morgan fingerprint density at radius 3 is 2.64 bits per heavy atom. The first-order chi connectivity index (χ1) is 6.56. The highest BCUT2D eigenvalue weighted by Gasteiger charge is 2.24. The van der Waals surface area contributed by atoms with Gasteiger partial charge in [-0.05, 0) is 12.1 Å². The van der Waals surface area contributed by atoms with Crippen LogP contribution in [0.25, 0.3) is 0 Å². The maximum Gasteiger partial charge on any atom is 0.133 e. The summed E-state index contributed by atoms with van der Waals surface area (Å²) in [6, 6.07) is 5.82. The predicted molar refractivity (Wildman–Crippen MR) is 57.2 cm³/mol. The van der Waals surface area contributed by atoms with Crippen molar-refractivity contribution in [2.24, 2.45) is 0 Å². The summed E-state index contributed by atoms with van der Waals surface area (Å²) in [4.78, 5) is 15.7. The molecule has 0 radical (unpaired) electrons. The summed E-state index contributed by atoms with van der Waals surface area (Å²) < 4.78 is 0. The van der Waals surface area contributed by atoms with Gasteiger partial charge in [-0.1, -0.05) is 26.8 Å². The van der Waals surface area contributed by atoms with Gasteiger partial charge in [0.1, 0.15) is 5.78 Å². The second-order valence-corrected chi connectivity index (χ2v) is 4.17. The van der Waals surface area contributed by atoms with Gasteiger partial charge < -0.3 is 0 Å². The molecule has 0 spiro atoms. The number of carbonyl (C=O) groups excluding carboxylic acids is 1. The lowest BCUT2D eigenvalue weighted by Gasteiger charge is -2.22. The largest absolute Gasteiger partial charge is 0.300 e. The minimum absolute atomic E-state index is 0.144. The van der Waals surface area contributed by atoms with Crippen molar-refractivity contribution >= 4 is 5.78 Å². The summed E-state index contributed by atoms with van der Waals surface area (Å²) in [5.74, 6) is 0.292. The van der Waals surface area contributed by atoms with Crippen molar-refractivity contribution in [3.05, 3.63) is 30.1 Å². The first kappa shape index (κ1) is 10.9.